The first-order chi connectivity index (χ1) is 9.78. The number of aromatic nitrogens is 3. The molecule has 0 bridgehead atoms. The molecule has 0 fully saturated rings. The average molecular weight is 301 g/mol. The summed E-state index contributed by atoms with van der Waals surface area (Å²) in [7, 11) is 0. The van der Waals surface area contributed by atoms with E-state index in [-0.39, 0.29) is 11.0 Å². The quantitative estimate of drug-likeness (QED) is 0.567. The molecular weight excluding hydrogens is 270 g/mol. The van der Waals surface area contributed by atoms with Crippen molar-refractivity contribution >= 4 is 0 Å². The van der Waals surface area contributed by atoms with Crippen LogP contribution in [0.1, 0.15) is 60.1 Å². The van der Waals surface area contributed by atoms with Gasteiger partial charge in [0.1, 0.15) is 0 Å². The van der Waals surface area contributed by atoms with Gasteiger partial charge in [-0.15, -0.1) is 5.10 Å². The predicted molar refractivity (Wildman–Crippen MR) is 83.4 cm³/mol. The molecule has 1 heterocycles. The molecule has 1 rings (SSSR count). The zero-order valence-electron chi connectivity index (χ0n) is 14.3. The van der Waals surface area contributed by atoms with Gasteiger partial charge in [-0.05, 0) is 38.5 Å². The minimum Gasteiger partial charge on any atom is -0.376 e. The molecule has 0 aromatic carbocycles. The number of aryl methyl sites for hydroxylation is 1. The molecule has 6 heteroatoms. The van der Waals surface area contributed by atoms with Crippen LogP contribution in [0, 0.1) is 5.41 Å². The summed E-state index contributed by atoms with van der Waals surface area (Å²) in [6.07, 6.45) is 5.04. The van der Waals surface area contributed by atoms with Crippen molar-refractivity contribution in [1.82, 2.24) is 15.0 Å². The molecule has 0 atom stereocenters. The Morgan fingerprint density at radius 3 is 2.29 bits per heavy atom. The maximum atomic E-state index is 6.00. The Labute approximate surface area is 128 Å². The highest BCUT2D eigenvalue weighted by Gasteiger charge is 2.30. The molecule has 6 nitrogen and oxygen atoms in total. The van der Waals surface area contributed by atoms with Gasteiger partial charge in [-0.3, -0.25) is 15.2 Å². The van der Waals surface area contributed by atoms with Crippen molar-refractivity contribution in [2.24, 2.45) is 5.41 Å². The fraction of sp³-hybridized carbons (Fsp3) is 0.867. The molecule has 0 saturated carbocycles. The van der Waals surface area contributed by atoms with Crippen molar-refractivity contribution in [3.63, 3.8) is 0 Å². The summed E-state index contributed by atoms with van der Waals surface area (Å²) in [6, 6.07) is 0. The zero-order chi connectivity index (χ0) is 16.5. The van der Waals surface area contributed by atoms with E-state index in [1.54, 1.807) is 0 Å². The zero-order valence-corrected chi connectivity index (χ0v) is 14.3. The fourth-order valence-corrected chi connectivity index (χ4v) is 2.65. The van der Waals surface area contributed by atoms with Gasteiger partial charge >= 0.3 is 0 Å². The largest absolute Gasteiger partial charge is 0.376 e. The first-order valence-electron chi connectivity index (χ1n) is 7.51. The monoisotopic (exact) mass is 301 g/mol. The summed E-state index contributed by atoms with van der Waals surface area (Å²) in [4.78, 5) is 0. The summed E-state index contributed by atoms with van der Waals surface area (Å²) < 4.78 is 7.89. The van der Waals surface area contributed by atoms with Crippen molar-refractivity contribution in [2.75, 3.05) is 6.61 Å². The van der Waals surface area contributed by atoms with Crippen LogP contribution in [0.4, 0.5) is 0 Å². The number of nitrogens with zero attached hydrogens (tertiary/aromatic N) is 3. The Hall–Kier alpha value is -0.980. The summed E-state index contributed by atoms with van der Waals surface area (Å²) in [5, 5.41) is 20.3. The summed E-state index contributed by atoms with van der Waals surface area (Å²) >= 11 is 0. The van der Waals surface area contributed by atoms with Gasteiger partial charge in [-0.25, -0.2) is 0 Å². The summed E-state index contributed by atoms with van der Waals surface area (Å²) in [6.45, 7) is 14.8. The molecule has 0 unspecified atom stereocenters. The molecule has 0 aliphatic heterocycles. The number of hydrogen-bond acceptors (Lipinski definition) is 5. The molecule has 0 aliphatic rings. The molecule has 0 radical (unpaired) electrons. The van der Waals surface area contributed by atoms with Crippen LogP contribution in [0.25, 0.3) is 0 Å². The van der Waals surface area contributed by atoms with Gasteiger partial charge in [0.25, 0.3) is 0 Å². The van der Waals surface area contributed by atoms with E-state index >= 15 is 0 Å². The van der Waals surface area contributed by atoms with E-state index in [9.17, 15) is 0 Å². The second-order valence-electron chi connectivity index (χ2n) is 6.71. The SMILES string of the molecule is CCCOC(C)(C)CC(C)(C)Cn1cc(CC)nn1.OO. The number of rotatable bonds is 8. The maximum absolute atomic E-state index is 6.00. The van der Waals surface area contributed by atoms with Gasteiger partial charge in [0.05, 0.1) is 11.3 Å². The molecule has 0 spiro atoms. The Morgan fingerprint density at radius 2 is 1.81 bits per heavy atom. The Balaban J connectivity index is 0.00000191. The smallest absolute Gasteiger partial charge is 0.0824 e. The molecule has 124 valence electrons. The van der Waals surface area contributed by atoms with Crippen LogP contribution in [0.3, 0.4) is 0 Å². The van der Waals surface area contributed by atoms with E-state index in [1.807, 2.05) is 10.9 Å². The molecule has 1 aromatic rings. The second-order valence-corrected chi connectivity index (χ2v) is 6.71. The lowest BCUT2D eigenvalue weighted by Crippen LogP contribution is -2.34. The van der Waals surface area contributed by atoms with Crippen LogP contribution >= 0.6 is 0 Å². The van der Waals surface area contributed by atoms with Crippen LogP contribution in [0.15, 0.2) is 6.20 Å². The van der Waals surface area contributed by atoms with Gasteiger partial charge in [0, 0.05) is 19.3 Å². The van der Waals surface area contributed by atoms with Crippen molar-refractivity contribution in [2.45, 2.75) is 73.0 Å². The third-order valence-corrected chi connectivity index (χ3v) is 3.14. The molecule has 1 aromatic heterocycles. The average Bonchev–Trinajstić information content (AvgIpc) is 2.84. The Morgan fingerprint density at radius 1 is 1.19 bits per heavy atom. The third kappa shape index (κ3) is 8.14. The topological polar surface area (TPSA) is 80.4 Å². The highest BCUT2D eigenvalue weighted by Crippen LogP contribution is 2.31. The van der Waals surface area contributed by atoms with E-state index in [2.05, 4.69) is 51.9 Å². The van der Waals surface area contributed by atoms with Crippen molar-refractivity contribution in [3.8, 4) is 0 Å². The van der Waals surface area contributed by atoms with Crippen molar-refractivity contribution in [1.29, 1.82) is 0 Å². The fourth-order valence-electron chi connectivity index (χ4n) is 2.65. The van der Waals surface area contributed by atoms with E-state index in [1.165, 1.54) is 0 Å². The molecular formula is C15H31N3O3. The number of hydrogen-bond donors (Lipinski definition) is 2. The second kappa shape index (κ2) is 9.12. The molecule has 21 heavy (non-hydrogen) atoms. The first-order valence-corrected chi connectivity index (χ1v) is 7.51. The van der Waals surface area contributed by atoms with Gasteiger partial charge in [0.2, 0.25) is 0 Å². The lowest BCUT2D eigenvalue weighted by atomic mass is 9.81. The van der Waals surface area contributed by atoms with E-state index in [4.69, 9.17) is 15.3 Å². The minimum atomic E-state index is -0.0896. The standard InChI is InChI=1S/C15H29N3O.H2O2/c1-7-9-19-15(5,6)11-14(3,4)12-18-10-13(8-2)16-17-18;1-2/h10H,7-9,11-12H2,1-6H3;1-2H. The molecule has 0 aliphatic carbocycles. The van der Waals surface area contributed by atoms with Crippen molar-refractivity contribution < 1.29 is 15.3 Å². The van der Waals surface area contributed by atoms with E-state index in [0.29, 0.717) is 0 Å². The van der Waals surface area contributed by atoms with E-state index in [0.717, 1.165) is 38.1 Å². The van der Waals surface area contributed by atoms with Gasteiger partial charge in [0.15, 0.2) is 0 Å². The van der Waals surface area contributed by atoms with Gasteiger partial charge < -0.3 is 4.74 Å². The van der Waals surface area contributed by atoms with Gasteiger partial charge in [-0.1, -0.05) is 32.9 Å². The molecule has 0 saturated heterocycles. The third-order valence-electron chi connectivity index (χ3n) is 3.14. The minimum absolute atomic E-state index is 0.0896. The molecule has 0 amide bonds. The normalized spacial score (nSPS) is 12.0. The maximum Gasteiger partial charge on any atom is 0.0824 e. The highest BCUT2D eigenvalue weighted by atomic mass is 17.0. The van der Waals surface area contributed by atoms with Crippen LogP contribution in [-0.4, -0.2) is 37.7 Å². The Kier molecular flexibility index (Phi) is 8.70. The van der Waals surface area contributed by atoms with Gasteiger partial charge in [-0.2, -0.15) is 0 Å². The summed E-state index contributed by atoms with van der Waals surface area (Å²) in [5.74, 6) is 0. The molecule has 2 N–H and O–H groups in total. The summed E-state index contributed by atoms with van der Waals surface area (Å²) in [5.41, 5.74) is 1.10. The Bertz CT molecular complexity index is 389. The number of ether oxygens (including phenoxy) is 1. The van der Waals surface area contributed by atoms with Crippen molar-refractivity contribution in [3.05, 3.63) is 11.9 Å². The first kappa shape index (κ1) is 20.0. The highest BCUT2D eigenvalue weighted by molar-refractivity contribution is 4.92. The van der Waals surface area contributed by atoms with Crippen LogP contribution in [0.5, 0.6) is 0 Å². The lowest BCUT2D eigenvalue weighted by molar-refractivity contribution is -0.176. The lowest BCUT2D eigenvalue weighted by Gasteiger charge is -2.34. The van der Waals surface area contributed by atoms with Crippen LogP contribution < -0.4 is 0 Å². The predicted octanol–water partition coefficient (Wildman–Crippen LogP) is 3.48. The van der Waals surface area contributed by atoms with Crippen LogP contribution in [-0.2, 0) is 17.7 Å². The van der Waals surface area contributed by atoms with E-state index < -0.39 is 0 Å². The van der Waals surface area contributed by atoms with Crippen LogP contribution in [0.2, 0.25) is 0 Å².